The van der Waals surface area contributed by atoms with Crippen molar-refractivity contribution in [2.24, 2.45) is 4.36 Å². The third kappa shape index (κ3) is 3.73. The maximum atomic E-state index is 12.5. The fourth-order valence-corrected chi connectivity index (χ4v) is 3.86. The monoisotopic (exact) mass is 307 g/mol. The highest BCUT2D eigenvalue weighted by molar-refractivity contribution is 7.93. The second kappa shape index (κ2) is 5.73. The summed E-state index contributed by atoms with van der Waals surface area (Å²) in [5.41, 5.74) is -0.415. The first-order chi connectivity index (χ1) is 9.29. The van der Waals surface area contributed by atoms with Gasteiger partial charge >= 0.3 is 6.18 Å². The Labute approximate surface area is 116 Å². The predicted octanol–water partition coefficient (Wildman–Crippen LogP) is 3.61. The zero-order chi connectivity index (χ0) is 14.8. The molecule has 1 atom stereocenters. The van der Waals surface area contributed by atoms with Crippen molar-refractivity contribution < 1.29 is 22.1 Å². The van der Waals surface area contributed by atoms with Crippen molar-refractivity contribution >= 4 is 15.4 Å². The zero-order valence-corrected chi connectivity index (χ0v) is 11.8. The Balaban J connectivity index is 2.23. The molecule has 20 heavy (non-hydrogen) atoms. The molecule has 0 spiro atoms. The summed E-state index contributed by atoms with van der Waals surface area (Å²) >= 11 is 0. The fourth-order valence-electron chi connectivity index (χ4n) is 2.11. The molecule has 1 saturated heterocycles. The first-order valence-electron chi connectivity index (χ1n) is 6.25. The maximum absolute atomic E-state index is 12.5. The first kappa shape index (κ1) is 15.3. The van der Waals surface area contributed by atoms with E-state index in [2.05, 4.69) is 4.36 Å². The van der Waals surface area contributed by atoms with Crippen LogP contribution in [0.1, 0.15) is 18.4 Å². The molecule has 1 heterocycles. The molecular formula is C13H16F3NO2S. The lowest BCUT2D eigenvalue weighted by Gasteiger charge is -2.23. The molecule has 1 aliphatic heterocycles. The van der Waals surface area contributed by atoms with Crippen LogP contribution in [0.3, 0.4) is 0 Å². The van der Waals surface area contributed by atoms with Crippen molar-refractivity contribution in [3.63, 3.8) is 0 Å². The predicted molar refractivity (Wildman–Crippen MR) is 71.4 cm³/mol. The summed E-state index contributed by atoms with van der Waals surface area (Å²) in [7, 11) is -2.47. The number of hydrogen-bond donors (Lipinski definition) is 0. The van der Waals surface area contributed by atoms with E-state index in [1.54, 1.807) is 6.26 Å². The van der Waals surface area contributed by atoms with E-state index >= 15 is 0 Å². The third-order valence-electron chi connectivity index (χ3n) is 3.27. The van der Waals surface area contributed by atoms with E-state index in [9.17, 15) is 17.4 Å². The largest absolute Gasteiger partial charge is 0.416 e. The molecule has 1 aromatic carbocycles. The number of ether oxygens (including phenoxy) is 1. The molecule has 0 saturated carbocycles. The van der Waals surface area contributed by atoms with Crippen LogP contribution in [0.4, 0.5) is 18.9 Å². The molecule has 112 valence electrons. The summed E-state index contributed by atoms with van der Waals surface area (Å²) in [5.74, 6) is 0. The lowest BCUT2D eigenvalue weighted by Crippen LogP contribution is -2.27. The molecule has 3 nitrogen and oxygen atoms in total. The molecule has 1 aromatic rings. The molecule has 0 bridgehead atoms. The Morgan fingerprint density at radius 3 is 2.25 bits per heavy atom. The smallest absolute Gasteiger partial charge is 0.381 e. The van der Waals surface area contributed by atoms with Crippen LogP contribution in [0.25, 0.3) is 0 Å². The molecule has 0 N–H and O–H groups in total. The van der Waals surface area contributed by atoms with Gasteiger partial charge in [0.25, 0.3) is 0 Å². The van der Waals surface area contributed by atoms with Gasteiger partial charge in [-0.1, -0.05) is 0 Å². The van der Waals surface area contributed by atoms with E-state index in [1.807, 2.05) is 0 Å². The quantitative estimate of drug-likeness (QED) is 0.837. The van der Waals surface area contributed by atoms with E-state index in [0.717, 1.165) is 12.1 Å². The van der Waals surface area contributed by atoms with Crippen LogP contribution in [-0.2, 0) is 20.6 Å². The van der Waals surface area contributed by atoms with Gasteiger partial charge in [-0.25, -0.2) is 4.21 Å². The number of rotatable bonds is 2. The van der Waals surface area contributed by atoms with Crippen LogP contribution in [0, 0.1) is 0 Å². The lowest BCUT2D eigenvalue weighted by atomic mass is 10.2. The molecule has 7 heteroatoms. The van der Waals surface area contributed by atoms with Crippen LogP contribution >= 0.6 is 0 Å². The Bertz CT molecular complexity index is 568. The maximum Gasteiger partial charge on any atom is 0.416 e. The summed E-state index contributed by atoms with van der Waals surface area (Å²) in [6, 6.07) is 4.42. The van der Waals surface area contributed by atoms with E-state index in [4.69, 9.17) is 4.74 Å². The van der Waals surface area contributed by atoms with Crippen molar-refractivity contribution in [2.45, 2.75) is 24.3 Å². The van der Waals surface area contributed by atoms with Gasteiger partial charge in [-0.3, -0.25) is 0 Å². The first-order valence-corrected chi connectivity index (χ1v) is 8.24. The number of benzene rings is 1. The number of nitrogens with zero attached hydrogens (tertiary/aromatic N) is 1. The highest BCUT2D eigenvalue weighted by Crippen LogP contribution is 2.31. The van der Waals surface area contributed by atoms with Crippen molar-refractivity contribution in [3.8, 4) is 0 Å². The average Bonchev–Trinajstić information content (AvgIpc) is 2.39. The third-order valence-corrected chi connectivity index (χ3v) is 5.55. The van der Waals surface area contributed by atoms with Gasteiger partial charge in [-0.05, 0) is 37.1 Å². The van der Waals surface area contributed by atoms with Gasteiger partial charge in [-0.15, -0.1) is 0 Å². The van der Waals surface area contributed by atoms with E-state index in [-0.39, 0.29) is 5.25 Å². The van der Waals surface area contributed by atoms with Crippen LogP contribution in [0.2, 0.25) is 0 Å². The molecular weight excluding hydrogens is 291 g/mol. The normalized spacial score (nSPS) is 20.4. The highest BCUT2D eigenvalue weighted by Gasteiger charge is 2.30. The van der Waals surface area contributed by atoms with Gasteiger partial charge in [0.2, 0.25) is 0 Å². The standard InChI is InChI=1S/C13H16F3NO2S/c1-20(18,12-6-8-19-9-7-12)17-11-4-2-10(3-5-11)13(14,15)16/h2-5,12H,6-9H2,1H3. The molecule has 2 rings (SSSR count). The summed E-state index contributed by atoms with van der Waals surface area (Å²) in [4.78, 5) is 0. The van der Waals surface area contributed by atoms with Crippen LogP contribution in [-0.4, -0.2) is 28.9 Å². The van der Waals surface area contributed by atoms with Gasteiger partial charge in [0, 0.05) is 24.7 Å². The van der Waals surface area contributed by atoms with Crippen molar-refractivity contribution in [1.82, 2.24) is 0 Å². The minimum absolute atomic E-state index is 0.0708. The summed E-state index contributed by atoms with van der Waals surface area (Å²) in [6.07, 6.45) is -1.48. The Kier molecular flexibility index (Phi) is 4.39. The van der Waals surface area contributed by atoms with Crippen molar-refractivity contribution in [3.05, 3.63) is 29.8 Å². The van der Waals surface area contributed by atoms with Gasteiger partial charge in [0.15, 0.2) is 0 Å². The molecule has 0 aliphatic carbocycles. The van der Waals surface area contributed by atoms with Crippen molar-refractivity contribution in [1.29, 1.82) is 0 Å². The average molecular weight is 307 g/mol. The number of hydrogen-bond acceptors (Lipinski definition) is 3. The van der Waals surface area contributed by atoms with Crippen molar-refractivity contribution in [2.75, 3.05) is 19.5 Å². The minimum atomic E-state index is -4.37. The van der Waals surface area contributed by atoms with E-state index < -0.39 is 21.5 Å². The summed E-state index contributed by atoms with van der Waals surface area (Å²) in [5, 5.41) is -0.0708. The second-order valence-corrected chi connectivity index (χ2v) is 7.38. The van der Waals surface area contributed by atoms with E-state index in [1.165, 1.54) is 12.1 Å². The van der Waals surface area contributed by atoms with Crippen LogP contribution in [0.5, 0.6) is 0 Å². The van der Waals surface area contributed by atoms with Gasteiger partial charge < -0.3 is 4.74 Å². The molecule has 0 radical (unpaired) electrons. The second-order valence-electron chi connectivity index (χ2n) is 4.81. The summed E-state index contributed by atoms with van der Waals surface area (Å²) < 4.78 is 59.2. The number of alkyl halides is 3. The van der Waals surface area contributed by atoms with Gasteiger partial charge in [-0.2, -0.15) is 17.5 Å². The SMILES string of the molecule is CS(=O)(=Nc1ccc(C(F)(F)F)cc1)C1CCOCC1. The minimum Gasteiger partial charge on any atom is -0.381 e. The topological polar surface area (TPSA) is 38.7 Å². The Morgan fingerprint density at radius 2 is 1.75 bits per heavy atom. The van der Waals surface area contributed by atoms with Gasteiger partial charge in [0.1, 0.15) is 0 Å². The summed E-state index contributed by atoms with van der Waals surface area (Å²) in [6.45, 7) is 1.11. The Morgan fingerprint density at radius 1 is 1.20 bits per heavy atom. The fraction of sp³-hybridized carbons (Fsp3) is 0.538. The van der Waals surface area contributed by atoms with Gasteiger partial charge in [0.05, 0.1) is 21.0 Å². The van der Waals surface area contributed by atoms with E-state index in [0.29, 0.717) is 31.7 Å². The molecule has 0 aromatic heterocycles. The van der Waals surface area contributed by atoms with Crippen LogP contribution < -0.4 is 0 Å². The molecule has 1 aliphatic rings. The molecule has 1 fully saturated rings. The Hall–Kier alpha value is -1.08. The highest BCUT2D eigenvalue weighted by atomic mass is 32.2. The molecule has 0 amide bonds. The number of halogens is 3. The van der Waals surface area contributed by atoms with Crippen LogP contribution in [0.15, 0.2) is 28.6 Å². The molecule has 1 unspecified atom stereocenters. The lowest BCUT2D eigenvalue weighted by molar-refractivity contribution is -0.137. The zero-order valence-electron chi connectivity index (χ0n) is 11.0.